The van der Waals surface area contributed by atoms with Crippen molar-refractivity contribution < 1.29 is 17.9 Å². The average Bonchev–Trinajstić information content (AvgIpc) is 2.61. The number of aliphatic hydroxyl groups is 1. The molecule has 0 saturated carbocycles. The first-order valence-corrected chi connectivity index (χ1v) is 11.8. The van der Waals surface area contributed by atoms with E-state index in [1.54, 1.807) is 12.1 Å². The van der Waals surface area contributed by atoms with Crippen LogP contribution in [0.5, 0.6) is 0 Å². The van der Waals surface area contributed by atoms with E-state index in [2.05, 4.69) is 25.0 Å². The summed E-state index contributed by atoms with van der Waals surface area (Å²) in [6, 6.07) is 4.18. The Morgan fingerprint density at radius 1 is 1.17 bits per heavy atom. The van der Waals surface area contributed by atoms with Crippen LogP contribution in [-0.2, 0) is 16.4 Å². The summed E-state index contributed by atoms with van der Waals surface area (Å²) < 4.78 is 39.0. The van der Waals surface area contributed by atoms with Crippen molar-refractivity contribution in [2.75, 3.05) is 22.9 Å². The highest BCUT2D eigenvalue weighted by Crippen LogP contribution is 2.25. The minimum atomic E-state index is -3.59. The van der Waals surface area contributed by atoms with Crippen LogP contribution in [0.25, 0.3) is 0 Å². The van der Waals surface area contributed by atoms with Gasteiger partial charge in [0.05, 0.1) is 23.9 Å². The van der Waals surface area contributed by atoms with Crippen LogP contribution in [0.3, 0.4) is 0 Å². The topological polar surface area (TPSA) is 117 Å². The monoisotopic (exact) mass is 459 g/mol. The summed E-state index contributed by atoms with van der Waals surface area (Å²) in [6.45, 7) is 5.82. The van der Waals surface area contributed by atoms with Crippen molar-refractivity contribution in [3.05, 3.63) is 40.4 Å². The van der Waals surface area contributed by atoms with Crippen LogP contribution in [0.2, 0.25) is 5.02 Å². The van der Waals surface area contributed by atoms with Crippen LogP contribution >= 0.6 is 11.6 Å². The number of nitrogens with zero attached hydrogens (tertiary/aromatic N) is 3. The van der Waals surface area contributed by atoms with E-state index in [1.165, 1.54) is 6.07 Å². The van der Waals surface area contributed by atoms with Crippen LogP contribution in [0.4, 0.5) is 16.3 Å². The van der Waals surface area contributed by atoms with Gasteiger partial charge in [0.2, 0.25) is 21.9 Å². The average molecular weight is 460 g/mol. The number of hydrogen-bond acceptors (Lipinski definition) is 7. The van der Waals surface area contributed by atoms with Crippen molar-refractivity contribution in [2.45, 2.75) is 45.6 Å². The number of halogens is 2. The van der Waals surface area contributed by atoms with E-state index in [9.17, 15) is 17.9 Å². The predicted octanol–water partition coefficient (Wildman–Crippen LogP) is 3.20. The standard InChI is InChI=1S/C19H27ClFN5O3S/c1-11(2)7-14(10-27)22-18-23-17(24-19(25-18)26-30(4,28)29)8-12(3)13-5-6-16(21)15(20)9-13/h5-6,9,11-12,14,27H,7-8,10H2,1-4H3,(H2,22,23,24,25,26)/t12?,14-/m1/s1. The Morgan fingerprint density at radius 3 is 2.40 bits per heavy atom. The van der Waals surface area contributed by atoms with Crippen LogP contribution in [0.1, 0.15) is 44.5 Å². The fourth-order valence-electron chi connectivity index (χ4n) is 2.93. The molecule has 0 saturated heterocycles. The summed E-state index contributed by atoms with van der Waals surface area (Å²) in [7, 11) is -3.59. The third kappa shape index (κ3) is 7.66. The lowest BCUT2D eigenvalue weighted by Crippen LogP contribution is -2.27. The molecule has 2 atom stereocenters. The van der Waals surface area contributed by atoms with Gasteiger partial charge in [-0.3, -0.25) is 4.72 Å². The SMILES string of the molecule is CC(C)C[C@H](CO)Nc1nc(CC(C)c2ccc(F)c(Cl)c2)nc(NS(C)(=O)=O)n1. The van der Waals surface area contributed by atoms with Gasteiger partial charge in [-0.05, 0) is 36.0 Å². The van der Waals surface area contributed by atoms with Gasteiger partial charge in [0.1, 0.15) is 11.6 Å². The van der Waals surface area contributed by atoms with Gasteiger partial charge in [0.25, 0.3) is 0 Å². The van der Waals surface area contributed by atoms with Crippen molar-refractivity contribution >= 4 is 33.5 Å². The summed E-state index contributed by atoms with van der Waals surface area (Å²) in [5.41, 5.74) is 0.794. The molecule has 0 aliphatic rings. The second-order valence-electron chi connectivity index (χ2n) is 7.71. The van der Waals surface area contributed by atoms with Crippen LogP contribution in [0.15, 0.2) is 18.2 Å². The molecule has 0 amide bonds. The Balaban J connectivity index is 2.31. The van der Waals surface area contributed by atoms with Crippen LogP contribution in [-0.4, -0.2) is 47.4 Å². The summed E-state index contributed by atoms with van der Waals surface area (Å²) in [6.07, 6.45) is 2.02. The highest BCUT2D eigenvalue weighted by atomic mass is 35.5. The number of anilines is 2. The molecule has 11 heteroatoms. The molecule has 1 aromatic carbocycles. The van der Waals surface area contributed by atoms with Gasteiger partial charge in [0.15, 0.2) is 0 Å². The molecule has 0 aliphatic carbocycles. The molecular formula is C19H27ClFN5O3S. The van der Waals surface area contributed by atoms with E-state index >= 15 is 0 Å². The molecule has 1 aromatic heterocycles. The van der Waals surface area contributed by atoms with Gasteiger partial charge in [0, 0.05) is 6.42 Å². The quantitative estimate of drug-likeness (QED) is 0.499. The van der Waals surface area contributed by atoms with Gasteiger partial charge in [-0.1, -0.05) is 38.4 Å². The molecule has 0 spiro atoms. The second kappa shape index (κ2) is 10.3. The van der Waals surface area contributed by atoms with E-state index in [1.807, 2.05) is 20.8 Å². The Hall–Kier alpha value is -2.04. The number of sulfonamides is 1. The minimum Gasteiger partial charge on any atom is -0.394 e. The molecule has 0 bridgehead atoms. The van der Waals surface area contributed by atoms with E-state index in [0.717, 1.165) is 11.8 Å². The zero-order valence-electron chi connectivity index (χ0n) is 17.4. The summed E-state index contributed by atoms with van der Waals surface area (Å²) in [5, 5.41) is 12.7. The third-order valence-electron chi connectivity index (χ3n) is 4.27. The molecule has 0 fully saturated rings. The number of aliphatic hydroxyl groups excluding tert-OH is 1. The Bertz CT molecular complexity index is 975. The highest BCUT2D eigenvalue weighted by Gasteiger charge is 2.17. The molecule has 2 aromatic rings. The molecule has 0 radical (unpaired) electrons. The zero-order chi connectivity index (χ0) is 22.5. The van der Waals surface area contributed by atoms with Crippen molar-refractivity contribution in [2.24, 2.45) is 5.92 Å². The highest BCUT2D eigenvalue weighted by molar-refractivity contribution is 7.91. The number of rotatable bonds is 10. The molecule has 1 heterocycles. The molecule has 3 N–H and O–H groups in total. The summed E-state index contributed by atoms with van der Waals surface area (Å²) in [5.74, 6) is 0.0965. The van der Waals surface area contributed by atoms with E-state index in [4.69, 9.17) is 11.6 Å². The van der Waals surface area contributed by atoms with Gasteiger partial charge < -0.3 is 10.4 Å². The molecule has 30 heavy (non-hydrogen) atoms. The molecular weight excluding hydrogens is 433 g/mol. The van der Waals surface area contributed by atoms with Crippen molar-refractivity contribution in [1.29, 1.82) is 0 Å². The number of nitrogens with one attached hydrogen (secondary N) is 2. The first-order chi connectivity index (χ1) is 14.0. The van der Waals surface area contributed by atoms with Gasteiger partial charge in [-0.25, -0.2) is 12.8 Å². The normalized spacial score (nSPS) is 13.9. The van der Waals surface area contributed by atoms with E-state index in [0.29, 0.717) is 24.6 Å². The lowest BCUT2D eigenvalue weighted by atomic mass is 9.97. The molecule has 8 nitrogen and oxygen atoms in total. The largest absolute Gasteiger partial charge is 0.394 e. The summed E-state index contributed by atoms with van der Waals surface area (Å²) >= 11 is 5.87. The fourth-order valence-corrected chi connectivity index (χ4v) is 3.54. The lowest BCUT2D eigenvalue weighted by molar-refractivity contribution is 0.259. The fraction of sp³-hybridized carbons (Fsp3) is 0.526. The number of aromatic nitrogens is 3. The minimum absolute atomic E-state index is 0.0243. The maximum Gasteiger partial charge on any atom is 0.241 e. The smallest absolute Gasteiger partial charge is 0.241 e. The first kappa shape index (κ1) is 24.2. The van der Waals surface area contributed by atoms with E-state index < -0.39 is 15.8 Å². The van der Waals surface area contributed by atoms with Gasteiger partial charge in [-0.2, -0.15) is 15.0 Å². The Kier molecular flexibility index (Phi) is 8.34. The van der Waals surface area contributed by atoms with Crippen molar-refractivity contribution in [3.63, 3.8) is 0 Å². The second-order valence-corrected chi connectivity index (χ2v) is 9.86. The maximum atomic E-state index is 13.4. The van der Waals surface area contributed by atoms with Crippen molar-refractivity contribution in [1.82, 2.24) is 15.0 Å². The molecule has 1 unspecified atom stereocenters. The van der Waals surface area contributed by atoms with Crippen molar-refractivity contribution in [3.8, 4) is 0 Å². The molecule has 0 aliphatic heterocycles. The zero-order valence-corrected chi connectivity index (χ0v) is 18.9. The van der Waals surface area contributed by atoms with Crippen LogP contribution < -0.4 is 10.0 Å². The van der Waals surface area contributed by atoms with Gasteiger partial charge in [-0.15, -0.1) is 0 Å². The summed E-state index contributed by atoms with van der Waals surface area (Å²) in [4.78, 5) is 12.7. The first-order valence-electron chi connectivity index (χ1n) is 9.52. The van der Waals surface area contributed by atoms with Crippen LogP contribution in [0, 0.1) is 11.7 Å². The maximum absolute atomic E-state index is 13.4. The lowest BCUT2D eigenvalue weighted by Gasteiger charge is -2.19. The number of benzene rings is 1. The molecule has 166 valence electrons. The van der Waals surface area contributed by atoms with Gasteiger partial charge >= 0.3 is 0 Å². The Labute approximate surface area is 181 Å². The molecule has 2 rings (SSSR count). The van der Waals surface area contributed by atoms with E-state index in [-0.39, 0.29) is 35.5 Å². The third-order valence-corrected chi connectivity index (χ3v) is 5.11. The number of hydrogen-bond donors (Lipinski definition) is 3. The predicted molar refractivity (Wildman–Crippen MR) is 116 cm³/mol. The Morgan fingerprint density at radius 2 is 1.83 bits per heavy atom.